The van der Waals surface area contributed by atoms with Crippen LogP contribution < -0.4 is 4.90 Å². The van der Waals surface area contributed by atoms with Crippen molar-refractivity contribution in [3.8, 4) is 0 Å². The van der Waals surface area contributed by atoms with Crippen LogP contribution in [0.1, 0.15) is 0 Å². The SMILES string of the molecule is CN(C(=O)CCl)c1ccc(Cl)nn1. The molecular weight excluding hydrogens is 213 g/mol. The van der Waals surface area contributed by atoms with Crippen molar-refractivity contribution < 1.29 is 4.79 Å². The Kier molecular flexibility index (Phi) is 3.45. The molecule has 4 nitrogen and oxygen atoms in total. The van der Waals surface area contributed by atoms with E-state index in [0.717, 1.165) is 0 Å². The third-order valence-corrected chi connectivity index (χ3v) is 1.88. The maximum Gasteiger partial charge on any atom is 0.242 e. The molecule has 0 fully saturated rings. The molecule has 0 N–H and O–H groups in total. The molecule has 1 aromatic heterocycles. The summed E-state index contributed by atoms with van der Waals surface area (Å²) in [5, 5.41) is 7.59. The van der Waals surface area contributed by atoms with E-state index in [1.54, 1.807) is 19.2 Å². The number of hydrogen-bond donors (Lipinski definition) is 0. The summed E-state index contributed by atoms with van der Waals surface area (Å²) in [6.45, 7) is 0. The van der Waals surface area contributed by atoms with E-state index in [1.807, 2.05) is 0 Å². The highest BCUT2D eigenvalue weighted by Crippen LogP contribution is 2.10. The molecule has 0 aliphatic rings. The lowest BCUT2D eigenvalue weighted by Gasteiger charge is -2.13. The molecule has 0 saturated heterocycles. The van der Waals surface area contributed by atoms with Crippen LogP contribution in [0.2, 0.25) is 5.15 Å². The first kappa shape index (κ1) is 10.2. The van der Waals surface area contributed by atoms with E-state index in [4.69, 9.17) is 23.2 Å². The predicted octanol–water partition coefficient (Wildman–Crippen LogP) is 1.33. The number of carbonyl (C=O) groups is 1. The average Bonchev–Trinajstić information content (AvgIpc) is 2.17. The topological polar surface area (TPSA) is 46.1 Å². The average molecular weight is 220 g/mol. The van der Waals surface area contributed by atoms with Gasteiger partial charge in [0.2, 0.25) is 5.91 Å². The van der Waals surface area contributed by atoms with Crippen molar-refractivity contribution in [3.63, 3.8) is 0 Å². The van der Waals surface area contributed by atoms with Gasteiger partial charge in [-0.25, -0.2) is 0 Å². The van der Waals surface area contributed by atoms with Gasteiger partial charge in [-0.1, -0.05) is 11.6 Å². The molecule has 6 heteroatoms. The summed E-state index contributed by atoms with van der Waals surface area (Å²) in [6.07, 6.45) is 0. The molecule has 13 heavy (non-hydrogen) atoms. The van der Waals surface area contributed by atoms with Gasteiger partial charge in [0, 0.05) is 7.05 Å². The van der Waals surface area contributed by atoms with Crippen molar-refractivity contribution in [1.29, 1.82) is 0 Å². The van der Waals surface area contributed by atoms with E-state index in [0.29, 0.717) is 5.82 Å². The standard InChI is InChI=1S/C7H7Cl2N3O/c1-12(7(13)4-8)6-3-2-5(9)10-11-6/h2-3H,4H2,1H3. The van der Waals surface area contributed by atoms with Crippen molar-refractivity contribution in [2.45, 2.75) is 0 Å². The van der Waals surface area contributed by atoms with Gasteiger partial charge in [-0.3, -0.25) is 9.69 Å². The largest absolute Gasteiger partial charge is 0.297 e. The maximum absolute atomic E-state index is 11.1. The quantitative estimate of drug-likeness (QED) is 0.706. The van der Waals surface area contributed by atoms with Crippen molar-refractivity contribution in [3.05, 3.63) is 17.3 Å². The Hall–Kier alpha value is -0.870. The highest BCUT2D eigenvalue weighted by atomic mass is 35.5. The lowest BCUT2D eigenvalue weighted by atomic mass is 10.5. The maximum atomic E-state index is 11.1. The van der Waals surface area contributed by atoms with Gasteiger partial charge in [0.05, 0.1) is 0 Å². The summed E-state index contributed by atoms with van der Waals surface area (Å²) < 4.78 is 0. The van der Waals surface area contributed by atoms with Crippen LogP contribution in [-0.4, -0.2) is 29.0 Å². The Bertz CT molecular complexity index is 301. The van der Waals surface area contributed by atoms with Crippen LogP contribution in [0.15, 0.2) is 12.1 Å². The number of carbonyl (C=O) groups excluding carboxylic acids is 1. The molecule has 0 atom stereocenters. The summed E-state index contributed by atoms with van der Waals surface area (Å²) in [6, 6.07) is 3.15. The fourth-order valence-electron chi connectivity index (χ4n) is 0.705. The zero-order chi connectivity index (χ0) is 9.84. The molecule has 0 aliphatic heterocycles. The summed E-state index contributed by atoms with van der Waals surface area (Å²) in [5.41, 5.74) is 0. The van der Waals surface area contributed by atoms with Gasteiger partial charge >= 0.3 is 0 Å². The van der Waals surface area contributed by atoms with E-state index in [2.05, 4.69) is 10.2 Å². The van der Waals surface area contributed by atoms with Gasteiger partial charge < -0.3 is 0 Å². The molecule has 0 unspecified atom stereocenters. The molecule has 0 aliphatic carbocycles. The number of alkyl halides is 1. The van der Waals surface area contributed by atoms with Gasteiger partial charge in [0.25, 0.3) is 0 Å². The molecule has 1 rings (SSSR count). The zero-order valence-electron chi connectivity index (χ0n) is 6.87. The highest BCUT2D eigenvalue weighted by Gasteiger charge is 2.10. The minimum atomic E-state index is -0.238. The van der Waals surface area contributed by atoms with Gasteiger partial charge in [-0.2, -0.15) is 0 Å². The summed E-state index contributed by atoms with van der Waals surface area (Å²) in [7, 11) is 1.57. The minimum Gasteiger partial charge on any atom is -0.297 e. The number of aromatic nitrogens is 2. The molecule has 0 spiro atoms. The lowest BCUT2D eigenvalue weighted by Crippen LogP contribution is -2.28. The molecule has 0 aromatic carbocycles. The summed E-state index contributed by atoms with van der Waals surface area (Å²) in [5.74, 6) is 0.106. The normalized spacial score (nSPS) is 9.77. The molecule has 0 saturated carbocycles. The van der Waals surface area contributed by atoms with E-state index in [-0.39, 0.29) is 16.9 Å². The number of amides is 1. The van der Waals surface area contributed by atoms with E-state index >= 15 is 0 Å². The van der Waals surface area contributed by atoms with Crippen LogP contribution in [0, 0.1) is 0 Å². The second kappa shape index (κ2) is 4.39. The van der Waals surface area contributed by atoms with Crippen LogP contribution in [0.4, 0.5) is 5.82 Å². The van der Waals surface area contributed by atoms with Crippen LogP contribution in [0.5, 0.6) is 0 Å². The number of anilines is 1. The van der Waals surface area contributed by atoms with Crippen LogP contribution in [-0.2, 0) is 4.79 Å². The Labute approximate surface area is 85.5 Å². The monoisotopic (exact) mass is 219 g/mol. The predicted molar refractivity (Wildman–Crippen MR) is 51.2 cm³/mol. The molecular formula is C7H7Cl2N3O. The summed E-state index contributed by atoms with van der Waals surface area (Å²) in [4.78, 5) is 12.4. The first-order valence-electron chi connectivity index (χ1n) is 3.47. The van der Waals surface area contributed by atoms with E-state index < -0.39 is 0 Å². The Morgan fingerprint density at radius 2 is 2.23 bits per heavy atom. The highest BCUT2D eigenvalue weighted by molar-refractivity contribution is 6.29. The van der Waals surface area contributed by atoms with Gasteiger partial charge in [-0.15, -0.1) is 21.8 Å². The molecule has 70 valence electrons. The summed E-state index contributed by atoms with van der Waals surface area (Å²) >= 11 is 10.9. The fourth-order valence-corrected chi connectivity index (χ4v) is 0.985. The van der Waals surface area contributed by atoms with Gasteiger partial charge in [0.15, 0.2) is 11.0 Å². The Morgan fingerprint density at radius 3 is 2.69 bits per heavy atom. The van der Waals surface area contributed by atoms with E-state index in [1.165, 1.54) is 4.90 Å². The zero-order valence-corrected chi connectivity index (χ0v) is 8.38. The first-order valence-corrected chi connectivity index (χ1v) is 4.38. The Morgan fingerprint density at radius 1 is 1.54 bits per heavy atom. The van der Waals surface area contributed by atoms with Crippen molar-refractivity contribution in [1.82, 2.24) is 10.2 Å². The molecule has 1 heterocycles. The molecule has 1 amide bonds. The van der Waals surface area contributed by atoms with Crippen molar-refractivity contribution >= 4 is 34.9 Å². The van der Waals surface area contributed by atoms with Crippen LogP contribution in [0.3, 0.4) is 0 Å². The fraction of sp³-hybridized carbons (Fsp3) is 0.286. The third-order valence-electron chi connectivity index (χ3n) is 1.45. The van der Waals surface area contributed by atoms with Crippen LogP contribution in [0.25, 0.3) is 0 Å². The number of halogens is 2. The second-order valence-corrected chi connectivity index (χ2v) is 2.96. The lowest BCUT2D eigenvalue weighted by molar-refractivity contribution is -0.116. The van der Waals surface area contributed by atoms with Gasteiger partial charge in [0.1, 0.15) is 5.88 Å². The molecule has 0 radical (unpaired) electrons. The molecule has 1 aromatic rings. The number of nitrogens with zero attached hydrogens (tertiary/aromatic N) is 3. The van der Waals surface area contributed by atoms with Crippen LogP contribution >= 0.6 is 23.2 Å². The number of hydrogen-bond acceptors (Lipinski definition) is 3. The molecule has 0 bridgehead atoms. The Balaban J connectivity index is 2.83. The first-order chi connectivity index (χ1) is 6.15. The number of rotatable bonds is 2. The smallest absolute Gasteiger partial charge is 0.242 e. The minimum absolute atomic E-state index is 0.0825. The third kappa shape index (κ3) is 2.54. The van der Waals surface area contributed by atoms with Crippen molar-refractivity contribution in [2.24, 2.45) is 0 Å². The van der Waals surface area contributed by atoms with E-state index in [9.17, 15) is 4.79 Å². The second-order valence-electron chi connectivity index (χ2n) is 2.30. The van der Waals surface area contributed by atoms with Gasteiger partial charge in [-0.05, 0) is 12.1 Å². The van der Waals surface area contributed by atoms with Crippen molar-refractivity contribution in [2.75, 3.05) is 17.8 Å².